The number of carbonyl (C=O) groups is 1. The van der Waals surface area contributed by atoms with Gasteiger partial charge in [-0.15, -0.1) is 11.3 Å². The van der Waals surface area contributed by atoms with E-state index in [0.717, 1.165) is 21.0 Å². The number of para-hydroxylation sites is 1. The van der Waals surface area contributed by atoms with Gasteiger partial charge in [-0.1, -0.05) is 30.0 Å². The van der Waals surface area contributed by atoms with Crippen LogP contribution < -0.4 is 10.9 Å². The zero-order chi connectivity index (χ0) is 17.1. The van der Waals surface area contributed by atoms with Crippen LogP contribution >= 0.6 is 23.1 Å². The molecule has 0 atom stereocenters. The van der Waals surface area contributed by atoms with E-state index in [9.17, 15) is 9.59 Å². The first-order valence-electron chi connectivity index (χ1n) is 7.52. The lowest BCUT2D eigenvalue weighted by atomic mass is 10.2. The van der Waals surface area contributed by atoms with E-state index in [1.807, 2.05) is 44.2 Å². The molecule has 0 saturated heterocycles. The summed E-state index contributed by atoms with van der Waals surface area (Å²) in [5, 5.41) is 4.06. The van der Waals surface area contributed by atoms with E-state index >= 15 is 0 Å². The summed E-state index contributed by atoms with van der Waals surface area (Å²) in [5.41, 5.74) is 1.66. The van der Waals surface area contributed by atoms with E-state index in [4.69, 9.17) is 0 Å². The molecular formula is C17H17N3O2S2. The largest absolute Gasteiger partial charge is 0.326 e. The molecule has 2 aromatic heterocycles. The highest BCUT2D eigenvalue weighted by molar-refractivity contribution is 7.99. The van der Waals surface area contributed by atoms with Gasteiger partial charge in [0.15, 0.2) is 5.16 Å². The van der Waals surface area contributed by atoms with Crippen LogP contribution in [0.3, 0.4) is 0 Å². The van der Waals surface area contributed by atoms with Crippen molar-refractivity contribution in [1.29, 1.82) is 0 Å². The minimum atomic E-state index is -0.113. The fourth-order valence-electron chi connectivity index (χ4n) is 2.29. The number of aryl methyl sites for hydroxylation is 2. The third kappa shape index (κ3) is 3.68. The fourth-order valence-corrected chi connectivity index (χ4v) is 4.18. The summed E-state index contributed by atoms with van der Waals surface area (Å²) in [6, 6.07) is 9.34. The lowest BCUT2D eigenvalue weighted by Gasteiger charge is -2.04. The van der Waals surface area contributed by atoms with E-state index in [1.165, 1.54) is 23.1 Å². The van der Waals surface area contributed by atoms with Crippen LogP contribution in [0.2, 0.25) is 0 Å². The highest BCUT2D eigenvalue weighted by Crippen LogP contribution is 2.27. The molecule has 0 spiro atoms. The lowest BCUT2D eigenvalue weighted by Crippen LogP contribution is -2.13. The summed E-state index contributed by atoms with van der Waals surface area (Å²) in [4.78, 5) is 33.3. The van der Waals surface area contributed by atoms with Gasteiger partial charge in [0.2, 0.25) is 5.91 Å². The average Bonchev–Trinajstić information content (AvgIpc) is 2.83. The van der Waals surface area contributed by atoms with Crippen molar-refractivity contribution in [2.75, 3.05) is 11.1 Å². The van der Waals surface area contributed by atoms with Crippen LogP contribution in [0.25, 0.3) is 10.2 Å². The molecule has 2 N–H and O–H groups in total. The fraction of sp³-hybridized carbons (Fsp3) is 0.235. The molecule has 0 aliphatic carbocycles. The van der Waals surface area contributed by atoms with E-state index in [2.05, 4.69) is 15.3 Å². The number of hydrogen-bond acceptors (Lipinski definition) is 5. The van der Waals surface area contributed by atoms with Crippen molar-refractivity contribution >= 4 is 44.9 Å². The second kappa shape index (κ2) is 7.19. The molecule has 5 nitrogen and oxygen atoms in total. The van der Waals surface area contributed by atoms with Gasteiger partial charge in [0.25, 0.3) is 5.56 Å². The van der Waals surface area contributed by atoms with Crippen molar-refractivity contribution in [2.45, 2.75) is 25.4 Å². The number of fused-ring (bicyclic) bond motifs is 1. The molecule has 0 radical (unpaired) electrons. The van der Waals surface area contributed by atoms with E-state index in [0.29, 0.717) is 22.7 Å². The number of thioether (sulfide) groups is 1. The number of aromatic nitrogens is 2. The Hall–Kier alpha value is -2.12. The highest BCUT2D eigenvalue weighted by Gasteiger charge is 2.12. The Kier molecular flexibility index (Phi) is 5.01. The first kappa shape index (κ1) is 16.7. The van der Waals surface area contributed by atoms with Gasteiger partial charge in [0.1, 0.15) is 4.83 Å². The summed E-state index contributed by atoms with van der Waals surface area (Å²) in [7, 11) is 0. The predicted octanol–water partition coefficient (Wildman–Crippen LogP) is 3.72. The standard InChI is InChI=1S/C17H17N3O2S2/c1-10-11(2)24-16-14(10)15(22)19-17(20-16)23-9-8-13(21)18-12-6-4-3-5-7-12/h3-7H,8-9H2,1-2H3,(H,18,21)(H,19,20,22). The van der Waals surface area contributed by atoms with Gasteiger partial charge in [0.05, 0.1) is 5.39 Å². The van der Waals surface area contributed by atoms with Crippen LogP contribution in [0, 0.1) is 13.8 Å². The molecule has 7 heteroatoms. The summed E-state index contributed by atoms with van der Waals surface area (Å²) in [6.07, 6.45) is 0.351. The summed E-state index contributed by atoms with van der Waals surface area (Å²) < 4.78 is 0. The molecule has 0 saturated carbocycles. The molecule has 3 rings (SSSR count). The molecule has 0 unspecified atom stereocenters. The van der Waals surface area contributed by atoms with Crippen molar-refractivity contribution in [3.05, 3.63) is 51.1 Å². The Labute approximate surface area is 147 Å². The van der Waals surface area contributed by atoms with Crippen molar-refractivity contribution in [3.8, 4) is 0 Å². The number of carbonyl (C=O) groups excluding carboxylic acids is 1. The monoisotopic (exact) mass is 359 g/mol. The Morgan fingerprint density at radius 1 is 1.29 bits per heavy atom. The number of rotatable bonds is 5. The maximum absolute atomic E-state index is 12.2. The quantitative estimate of drug-likeness (QED) is 0.538. The summed E-state index contributed by atoms with van der Waals surface area (Å²) in [5.74, 6) is 0.496. The molecule has 0 aliphatic heterocycles. The molecule has 1 aromatic carbocycles. The number of amides is 1. The van der Waals surface area contributed by atoms with Crippen LogP contribution in [0.4, 0.5) is 5.69 Å². The van der Waals surface area contributed by atoms with Crippen molar-refractivity contribution in [2.24, 2.45) is 0 Å². The van der Waals surface area contributed by atoms with Crippen molar-refractivity contribution in [1.82, 2.24) is 9.97 Å². The maximum atomic E-state index is 12.2. The van der Waals surface area contributed by atoms with Crippen LogP contribution in [0.5, 0.6) is 0 Å². The Bertz CT molecular complexity index is 932. The molecule has 24 heavy (non-hydrogen) atoms. The number of aromatic amines is 1. The normalized spacial score (nSPS) is 10.9. The zero-order valence-corrected chi connectivity index (χ0v) is 15.0. The van der Waals surface area contributed by atoms with Gasteiger partial charge in [-0.05, 0) is 31.5 Å². The maximum Gasteiger partial charge on any atom is 0.260 e. The third-order valence-corrected chi connectivity index (χ3v) is 5.62. The van der Waals surface area contributed by atoms with Gasteiger partial charge in [0, 0.05) is 22.7 Å². The SMILES string of the molecule is Cc1sc2nc(SCCC(=O)Nc3ccccc3)[nH]c(=O)c2c1C. The second-order valence-electron chi connectivity index (χ2n) is 5.35. The highest BCUT2D eigenvalue weighted by atomic mass is 32.2. The van der Waals surface area contributed by atoms with Gasteiger partial charge in [-0.3, -0.25) is 9.59 Å². The number of thiophene rings is 1. The Morgan fingerprint density at radius 3 is 2.79 bits per heavy atom. The number of benzene rings is 1. The molecule has 0 fully saturated rings. The molecule has 0 bridgehead atoms. The lowest BCUT2D eigenvalue weighted by molar-refractivity contribution is -0.115. The van der Waals surface area contributed by atoms with E-state index in [-0.39, 0.29) is 11.5 Å². The van der Waals surface area contributed by atoms with Crippen molar-refractivity contribution in [3.63, 3.8) is 0 Å². The zero-order valence-electron chi connectivity index (χ0n) is 13.4. The van der Waals surface area contributed by atoms with E-state index < -0.39 is 0 Å². The minimum Gasteiger partial charge on any atom is -0.326 e. The number of H-pyrrole nitrogens is 1. The van der Waals surface area contributed by atoms with Gasteiger partial charge in [-0.2, -0.15) is 0 Å². The third-order valence-electron chi connectivity index (χ3n) is 3.64. The predicted molar refractivity (Wildman–Crippen MR) is 100 cm³/mol. The van der Waals surface area contributed by atoms with E-state index in [1.54, 1.807) is 0 Å². The molecule has 1 amide bonds. The minimum absolute atomic E-state index is 0.0556. The van der Waals surface area contributed by atoms with Gasteiger partial charge < -0.3 is 10.3 Å². The van der Waals surface area contributed by atoms with Crippen molar-refractivity contribution < 1.29 is 4.79 Å². The van der Waals surface area contributed by atoms with Crippen LogP contribution in [-0.4, -0.2) is 21.6 Å². The summed E-state index contributed by atoms with van der Waals surface area (Å²) >= 11 is 2.91. The molecule has 124 valence electrons. The first-order valence-corrected chi connectivity index (χ1v) is 9.32. The number of nitrogens with one attached hydrogen (secondary N) is 2. The van der Waals surface area contributed by atoms with Gasteiger partial charge in [-0.25, -0.2) is 4.98 Å². The Morgan fingerprint density at radius 2 is 2.04 bits per heavy atom. The smallest absolute Gasteiger partial charge is 0.260 e. The molecule has 3 aromatic rings. The first-order chi connectivity index (χ1) is 11.5. The number of anilines is 1. The van der Waals surface area contributed by atoms with Crippen LogP contribution in [-0.2, 0) is 4.79 Å². The summed E-state index contributed by atoms with van der Waals surface area (Å²) in [6.45, 7) is 3.92. The van der Waals surface area contributed by atoms with Gasteiger partial charge >= 0.3 is 0 Å². The van der Waals surface area contributed by atoms with Crippen LogP contribution in [0.1, 0.15) is 16.9 Å². The number of hydrogen-bond donors (Lipinski definition) is 2. The molecule has 2 heterocycles. The molecule has 0 aliphatic rings. The topological polar surface area (TPSA) is 74.8 Å². The average molecular weight is 359 g/mol. The number of nitrogens with zero attached hydrogens (tertiary/aromatic N) is 1. The molecular weight excluding hydrogens is 342 g/mol. The second-order valence-corrected chi connectivity index (χ2v) is 7.63. The Balaban J connectivity index is 1.62. The van der Waals surface area contributed by atoms with Crippen LogP contribution in [0.15, 0.2) is 40.3 Å².